The second kappa shape index (κ2) is 6.20. The van der Waals surface area contributed by atoms with Gasteiger partial charge in [0.1, 0.15) is 5.82 Å². The van der Waals surface area contributed by atoms with Gasteiger partial charge < -0.3 is 4.90 Å². The van der Waals surface area contributed by atoms with Gasteiger partial charge in [-0.05, 0) is 30.0 Å². The molecule has 0 N–H and O–H groups in total. The van der Waals surface area contributed by atoms with Crippen molar-refractivity contribution in [1.29, 1.82) is 0 Å². The zero-order chi connectivity index (χ0) is 17.4. The largest absolute Gasteiger partial charge is 0.331 e. The van der Waals surface area contributed by atoms with Crippen molar-refractivity contribution in [2.24, 2.45) is 5.92 Å². The Bertz CT molecular complexity index is 931. The maximum absolute atomic E-state index is 14.5. The molecular formula is C19H17FN4O. The highest BCUT2D eigenvalue weighted by Gasteiger charge is 2.35. The van der Waals surface area contributed by atoms with Crippen molar-refractivity contribution in [3.8, 4) is 0 Å². The lowest BCUT2D eigenvalue weighted by Gasteiger charge is -2.25. The summed E-state index contributed by atoms with van der Waals surface area (Å²) >= 11 is 0. The molecule has 2 aromatic heterocycles. The number of amides is 1. The van der Waals surface area contributed by atoms with Crippen molar-refractivity contribution in [2.75, 3.05) is 6.54 Å². The van der Waals surface area contributed by atoms with Crippen LogP contribution in [0.1, 0.15) is 35.3 Å². The Morgan fingerprint density at radius 1 is 1.20 bits per heavy atom. The minimum absolute atomic E-state index is 0.0380. The van der Waals surface area contributed by atoms with E-state index in [2.05, 4.69) is 21.9 Å². The number of carbonyl (C=O) groups excluding carboxylic acids is 1. The van der Waals surface area contributed by atoms with Crippen LogP contribution in [0.5, 0.6) is 0 Å². The Labute approximate surface area is 144 Å². The smallest absolute Gasteiger partial charge is 0.257 e. The summed E-state index contributed by atoms with van der Waals surface area (Å²) in [7, 11) is 0. The molecule has 1 saturated heterocycles. The molecule has 6 heteroatoms. The van der Waals surface area contributed by atoms with Gasteiger partial charge in [0.05, 0.1) is 22.6 Å². The van der Waals surface area contributed by atoms with Crippen molar-refractivity contribution in [3.63, 3.8) is 0 Å². The lowest BCUT2D eigenvalue weighted by molar-refractivity contribution is 0.0727. The van der Waals surface area contributed by atoms with E-state index in [0.717, 1.165) is 12.0 Å². The Morgan fingerprint density at radius 2 is 1.96 bits per heavy atom. The number of likely N-dealkylation sites (tertiary alicyclic amines) is 1. The Kier molecular flexibility index (Phi) is 3.87. The monoisotopic (exact) mass is 336 g/mol. The zero-order valence-electron chi connectivity index (χ0n) is 13.8. The minimum atomic E-state index is -0.567. The molecule has 25 heavy (non-hydrogen) atoms. The maximum Gasteiger partial charge on any atom is 0.257 e. The van der Waals surface area contributed by atoms with Crippen molar-refractivity contribution in [3.05, 3.63) is 66.0 Å². The first kappa shape index (κ1) is 15.6. The molecule has 3 aromatic rings. The first-order chi connectivity index (χ1) is 12.1. The standard InChI is InChI=1S/C19H17FN4O/c1-12-7-18(13-3-2-4-21-10-13)24(11-12)19(25)14-8-16-17(9-15(14)20)23-6-5-22-16/h2-6,8-10,12,18H,7,11H2,1H3/t12-,18-/m0/s1. The van der Waals surface area contributed by atoms with Gasteiger partial charge in [-0.15, -0.1) is 0 Å². The van der Waals surface area contributed by atoms with E-state index in [1.165, 1.54) is 24.5 Å². The van der Waals surface area contributed by atoms with E-state index in [-0.39, 0.29) is 17.5 Å². The zero-order valence-corrected chi connectivity index (χ0v) is 13.8. The summed E-state index contributed by atoms with van der Waals surface area (Å²) in [6.45, 7) is 2.69. The van der Waals surface area contributed by atoms with E-state index in [1.807, 2.05) is 12.1 Å². The molecule has 1 aromatic carbocycles. The van der Waals surface area contributed by atoms with Crippen LogP contribution in [0.15, 0.2) is 49.1 Å². The molecular weight excluding hydrogens is 319 g/mol. The summed E-state index contributed by atoms with van der Waals surface area (Å²) < 4.78 is 14.5. The molecule has 1 aliphatic rings. The van der Waals surface area contributed by atoms with Gasteiger partial charge in [0.25, 0.3) is 5.91 Å². The van der Waals surface area contributed by atoms with E-state index < -0.39 is 5.82 Å². The van der Waals surface area contributed by atoms with E-state index in [9.17, 15) is 9.18 Å². The van der Waals surface area contributed by atoms with Gasteiger partial charge in [-0.3, -0.25) is 19.7 Å². The number of carbonyl (C=O) groups is 1. The van der Waals surface area contributed by atoms with Crippen LogP contribution in [-0.4, -0.2) is 32.3 Å². The summed E-state index contributed by atoms with van der Waals surface area (Å²) in [5, 5.41) is 0. The van der Waals surface area contributed by atoms with Crippen molar-refractivity contribution < 1.29 is 9.18 Å². The average molecular weight is 336 g/mol. The lowest BCUT2D eigenvalue weighted by Crippen LogP contribution is -2.31. The molecule has 0 saturated carbocycles. The second-order valence-corrected chi connectivity index (χ2v) is 6.48. The fraction of sp³-hybridized carbons (Fsp3) is 0.263. The maximum atomic E-state index is 14.5. The Hall–Kier alpha value is -2.89. The van der Waals surface area contributed by atoms with Gasteiger partial charge in [0, 0.05) is 37.4 Å². The van der Waals surface area contributed by atoms with Crippen LogP contribution in [0.2, 0.25) is 0 Å². The van der Waals surface area contributed by atoms with Gasteiger partial charge in [-0.25, -0.2) is 4.39 Å². The molecule has 1 aliphatic heterocycles. The van der Waals surface area contributed by atoms with Crippen LogP contribution >= 0.6 is 0 Å². The van der Waals surface area contributed by atoms with Crippen LogP contribution in [-0.2, 0) is 0 Å². The van der Waals surface area contributed by atoms with Crippen LogP contribution in [0.3, 0.4) is 0 Å². The SMILES string of the molecule is C[C@H]1C[C@@H](c2cccnc2)N(C(=O)c2cc3nccnc3cc2F)C1. The second-order valence-electron chi connectivity index (χ2n) is 6.48. The number of hydrogen-bond donors (Lipinski definition) is 0. The third-order valence-electron chi connectivity index (χ3n) is 4.63. The molecule has 5 nitrogen and oxygen atoms in total. The van der Waals surface area contributed by atoms with Crippen LogP contribution < -0.4 is 0 Å². The Morgan fingerprint density at radius 3 is 2.68 bits per heavy atom. The van der Waals surface area contributed by atoms with Crippen molar-refractivity contribution >= 4 is 16.9 Å². The molecule has 126 valence electrons. The van der Waals surface area contributed by atoms with Crippen LogP contribution in [0.25, 0.3) is 11.0 Å². The predicted octanol–water partition coefficient (Wildman–Crippen LogP) is 3.39. The third-order valence-corrected chi connectivity index (χ3v) is 4.63. The summed E-state index contributed by atoms with van der Waals surface area (Å²) in [6, 6.07) is 6.48. The number of rotatable bonds is 2. The lowest BCUT2D eigenvalue weighted by atomic mass is 10.0. The molecule has 0 radical (unpaired) electrons. The molecule has 0 bridgehead atoms. The van der Waals surface area contributed by atoms with Crippen molar-refractivity contribution in [2.45, 2.75) is 19.4 Å². The highest BCUT2D eigenvalue weighted by molar-refractivity contribution is 5.98. The van der Waals surface area contributed by atoms with Crippen LogP contribution in [0.4, 0.5) is 4.39 Å². The first-order valence-electron chi connectivity index (χ1n) is 8.24. The molecule has 3 heterocycles. The number of nitrogens with zero attached hydrogens (tertiary/aromatic N) is 4. The fourth-order valence-electron chi connectivity index (χ4n) is 3.46. The van der Waals surface area contributed by atoms with Gasteiger partial charge >= 0.3 is 0 Å². The normalized spacial score (nSPS) is 20.2. The van der Waals surface area contributed by atoms with E-state index in [0.29, 0.717) is 23.5 Å². The topological polar surface area (TPSA) is 59.0 Å². The van der Waals surface area contributed by atoms with Crippen LogP contribution in [0, 0.1) is 11.7 Å². The number of aromatic nitrogens is 3. The van der Waals surface area contributed by atoms with E-state index in [1.54, 1.807) is 17.3 Å². The van der Waals surface area contributed by atoms with Gasteiger partial charge in [0.15, 0.2) is 0 Å². The predicted molar refractivity (Wildman–Crippen MR) is 91.3 cm³/mol. The molecule has 1 amide bonds. The van der Waals surface area contributed by atoms with Crippen molar-refractivity contribution in [1.82, 2.24) is 19.9 Å². The summed E-state index contributed by atoms with van der Waals surface area (Å²) in [5.74, 6) is -0.539. The number of halogens is 1. The van der Waals surface area contributed by atoms with E-state index >= 15 is 0 Å². The molecule has 4 rings (SSSR count). The van der Waals surface area contributed by atoms with Gasteiger partial charge in [-0.1, -0.05) is 13.0 Å². The number of fused-ring (bicyclic) bond motifs is 1. The Balaban J connectivity index is 1.73. The quantitative estimate of drug-likeness (QED) is 0.720. The molecule has 2 atom stereocenters. The number of benzene rings is 1. The van der Waals surface area contributed by atoms with Gasteiger partial charge in [0.2, 0.25) is 0 Å². The van der Waals surface area contributed by atoms with E-state index in [4.69, 9.17) is 0 Å². The fourth-order valence-corrected chi connectivity index (χ4v) is 3.46. The minimum Gasteiger partial charge on any atom is -0.331 e. The summed E-state index contributed by atoms with van der Waals surface area (Å²) in [6.07, 6.45) is 7.35. The third kappa shape index (κ3) is 2.84. The number of hydrogen-bond acceptors (Lipinski definition) is 4. The average Bonchev–Trinajstić information content (AvgIpc) is 3.03. The highest BCUT2D eigenvalue weighted by atomic mass is 19.1. The molecule has 0 spiro atoms. The number of pyridine rings is 1. The molecule has 0 unspecified atom stereocenters. The summed E-state index contributed by atoms with van der Waals surface area (Å²) in [4.78, 5) is 27.2. The van der Waals surface area contributed by atoms with Gasteiger partial charge in [-0.2, -0.15) is 0 Å². The molecule has 1 fully saturated rings. The first-order valence-corrected chi connectivity index (χ1v) is 8.24. The molecule has 0 aliphatic carbocycles. The highest BCUT2D eigenvalue weighted by Crippen LogP contribution is 2.36. The summed E-state index contributed by atoms with van der Waals surface area (Å²) in [5.41, 5.74) is 1.96.